The molecule has 10 heteroatoms. The van der Waals surface area contributed by atoms with Crippen LogP contribution in [0.5, 0.6) is 0 Å². The molecule has 41 heavy (non-hydrogen) atoms. The quantitative estimate of drug-likeness (QED) is 0.482. The van der Waals surface area contributed by atoms with Gasteiger partial charge in [0.25, 0.3) is 5.91 Å². The molecule has 4 amide bonds. The number of hydrogen-bond donors (Lipinski definition) is 2. The fourth-order valence-corrected chi connectivity index (χ4v) is 6.16. The molecule has 4 atom stereocenters. The maximum absolute atomic E-state index is 13.9. The summed E-state index contributed by atoms with van der Waals surface area (Å²) in [5, 5.41) is 5.56. The summed E-state index contributed by atoms with van der Waals surface area (Å²) in [6.45, 7) is 7.59. The predicted molar refractivity (Wildman–Crippen MR) is 151 cm³/mol. The van der Waals surface area contributed by atoms with Gasteiger partial charge in [0.1, 0.15) is 6.04 Å². The van der Waals surface area contributed by atoms with Gasteiger partial charge in [0.2, 0.25) is 17.7 Å². The zero-order valence-electron chi connectivity index (χ0n) is 24.1. The Bertz CT molecular complexity index is 1290. The molecule has 3 fully saturated rings. The van der Waals surface area contributed by atoms with Gasteiger partial charge in [-0.15, -0.1) is 0 Å². The van der Waals surface area contributed by atoms with Gasteiger partial charge in [0.05, 0.1) is 18.6 Å². The molecule has 3 aliphatic rings. The number of carbonyl (C=O) groups excluding carboxylic acids is 4. The summed E-state index contributed by atoms with van der Waals surface area (Å²) < 4.78 is 5.99. The van der Waals surface area contributed by atoms with E-state index in [0.29, 0.717) is 31.8 Å². The molecule has 2 aliphatic heterocycles. The zero-order chi connectivity index (χ0) is 29.4. The predicted octanol–water partition coefficient (Wildman–Crippen LogP) is 1.86. The van der Waals surface area contributed by atoms with Gasteiger partial charge in [0.15, 0.2) is 0 Å². The number of ether oxygens (including phenoxy) is 1. The third-order valence-corrected chi connectivity index (χ3v) is 8.97. The molecule has 2 N–H and O–H groups in total. The van der Waals surface area contributed by atoms with Crippen LogP contribution in [0.25, 0.3) is 0 Å². The van der Waals surface area contributed by atoms with Crippen LogP contribution in [0.1, 0.15) is 43.1 Å². The summed E-state index contributed by atoms with van der Waals surface area (Å²) in [4.78, 5) is 60.8. The van der Waals surface area contributed by atoms with Crippen LogP contribution in [0.15, 0.2) is 54.9 Å². The van der Waals surface area contributed by atoms with Crippen molar-refractivity contribution >= 4 is 23.6 Å². The van der Waals surface area contributed by atoms with Gasteiger partial charge in [-0.2, -0.15) is 0 Å². The van der Waals surface area contributed by atoms with E-state index in [9.17, 15) is 19.2 Å². The lowest BCUT2D eigenvalue weighted by molar-refractivity contribution is -0.152. The maximum Gasteiger partial charge on any atom is 0.254 e. The summed E-state index contributed by atoms with van der Waals surface area (Å²) in [6.07, 6.45) is 3.38. The minimum Gasteiger partial charge on any atom is -0.371 e. The lowest BCUT2D eigenvalue weighted by Gasteiger charge is -2.50. The van der Waals surface area contributed by atoms with E-state index in [1.165, 1.54) is 7.05 Å². The van der Waals surface area contributed by atoms with E-state index in [1.807, 2.05) is 35.2 Å². The molecule has 10 nitrogen and oxygen atoms in total. The van der Waals surface area contributed by atoms with Crippen molar-refractivity contribution in [3.05, 3.63) is 66.0 Å². The van der Waals surface area contributed by atoms with Crippen LogP contribution in [0.2, 0.25) is 0 Å². The van der Waals surface area contributed by atoms with Crippen molar-refractivity contribution in [2.45, 2.75) is 45.9 Å². The normalized spacial score (nSPS) is 23.3. The highest BCUT2D eigenvalue weighted by Crippen LogP contribution is 2.54. The maximum atomic E-state index is 13.9. The number of likely N-dealkylation sites (tertiary alicyclic amines) is 2. The first-order valence-corrected chi connectivity index (χ1v) is 14.2. The van der Waals surface area contributed by atoms with E-state index in [4.69, 9.17) is 4.74 Å². The second kappa shape index (κ2) is 11.2. The van der Waals surface area contributed by atoms with Gasteiger partial charge >= 0.3 is 0 Å². The largest absolute Gasteiger partial charge is 0.371 e. The molecule has 1 aromatic heterocycles. The first-order valence-electron chi connectivity index (χ1n) is 14.2. The van der Waals surface area contributed by atoms with E-state index in [-0.39, 0.29) is 41.5 Å². The molecular formula is C31H39N5O5. The molecule has 1 spiro atoms. The van der Waals surface area contributed by atoms with Crippen molar-refractivity contribution in [3.63, 3.8) is 0 Å². The van der Waals surface area contributed by atoms with Gasteiger partial charge in [-0.1, -0.05) is 44.2 Å². The Balaban J connectivity index is 1.32. The van der Waals surface area contributed by atoms with Gasteiger partial charge < -0.3 is 25.2 Å². The van der Waals surface area contributed by atoms with Crippen LogP contribution >= 0.6 is 0 Å². The molecule has 218 valence electrons. The fraction of sp³-hybridized carbons (Fsp3) is 0.516. The standard InChI is InChI=1S/C31H39N5O5/c1-20(41-16-21-8-6-5-7-9-21)25(27(38)32-4)34-26(37)24-15-35(28(39)22-10-12-33-13-11-22)17-31(24)18-36(19-31)29(40)23-14-30(23,2)3/h5-13,20,23-25H,14-19H2,1-4H3,(H,32,38)(H,34,37)/t20-,23-,24+,25+/m1/s1. The molecule has 1 saturated carbocycles. The van der Waals surface area contributed by atoms with Crippen molar-refractivity contribution in [2.24, 2.45) is 22.7 Å². The molecule has 0 radical (unpaired) electrons. The average Bonchev–Trinajstić information content (AvgIpc) is 3.42. The van der Waals surface area contributed by atoms with Crippen LogP contribution in [-0.4, -0.2) is 83.8 Å². The number of benzene rings is 1. The molecule has 3 heterocycles. The lowest BCUT2D eigenvalue weighted by Crippen LogP contribution is -2.65. The van der Waals surface area contributed by atoms with Crippen LogP contribution in [0, 0.1) is 22.7 Å². The third-order valence-electron chi connectivity index (χ3n) is 8.97. The van der Waals surface area contributed by atoms with Crippen molar-refractivity contribution in [3.8, 4) is 0 Å². The smallest absolute Gasteiger partial charge is 0.254 e. The van der Waals surface area contributed by atoms with Gasteiger partial charge in [-0.3, -0.25) is 24.2 Å². The number of carbonyl (C=O) groups is 4. The Morgan fingerprint density at radius 3 is 2.24 bits per heavy atom. The lowest BCUT2D eigenvalue weighted by atomic mass is 9.70. The molecule has 1 aromatic carbocycles. The zero-order valence-corrected chi connectivity index (χ0v) is 24.1. The van der Waals surface area contributed by atoms with E-state index < -0.39 is 23.5 Å². The number of hydrogen-bond acceptors (Lipinski definition) is 6. The number of nitrogens with zero attached hydrogens (tertiary/aromatic N) is 3. The van der Waals surface area contributed by atoms with Crippen LogP contribution in [-0.2, 0) is 25.7 Å². The van der Waals surface area contributed by atoms with Crippen molar-refractivity contribution in [1.82, 2.24) is 25.4 Å². The number of rotatable bonds is 9. The minimum atomic E-state index is -0.928. The fourth-order valence-electron chi connectivity index (χ4n) is 6.16. The Morgan fingerprint density at radius 2 is 1.63 bits per heavy atom. The Morgan fingerprint density at radius 1 is 1.00 bits per heavy atom. The summed E-state index contributed by atoms with van der Waals surface area (Å²) in [5.74, 6) is -1.33. The van der Waals surface area contributed by atoms with Crippen molar-refractivity contribution in [1.29, 1.82) is 0 Å². The molecule has 2 aromatic rings. The highest BCUT2D eigenvalue weighted by atomic mass is 16.5. The Hall–Kier alpha value is -3.79. The Kier molecular flexibility index (Phi) is 7.87. The van der Waals surface area contributed by atoms with E-state index in [2.05, 4.69) is 29.5 Å². The van der Waals surface area contributed by atoms with Gasteiger partial charge in [-0.25, -0.2) is 0 Å². The molecule has 2 saturated heterocycles. The van der Waals surface area contributed by atoms with Gasteiger partial charge in [0, 0.05) is 62.5 Å². The van der Waals surface area contributed by atoms with Crippen molar-refractivity contribution in [2.75, 3.05) is 33.2 Å². The molecule has 0 bridgehead atoms. The third kappa shape index (κ3) is 5.84. The molecule has 1 aliphatic carbocycles. The van der Waals surface area contributed by atoms with Crippen LogP contribution in [0.4, 0.5) is 0 Å². The van der Waals surface area contributed by atoms with Gasteiger partial charge in [-0.05, 0) is 36.5 Å². The minimum absolute atomic E-state index is 0.00308. The number of likely N-dealkylation sites (N-methyl/N-ethyl adjacent to an activating group) is 1. The summed E-state index contributed by atoms with van der Waals surface area (Å²) >= 11 is 0. The SMILES string of the molecule is CNC(=O)[C@@H](NC(=O)[C@@H]1CN(C(=O)c2ccncc2)CC12CN(C(=O)[C@H]1CC1(C)C)C2)[C@@H](C)OCc1ccccc1. The Labute approximate surface area is 240 Å². The summed E-state index contributed by atoms with van der Waals surface area (Å²) in [7, 11) is 1.52. The highest BCUT2D eigenvalue weighted by molar-refractivity contribution is 5.96. The molecule has 5 rings (SSSR count). The van der Waals surface area contributed by atoms with E-state index in [1.54, 1.807) is 36.4 Å². The van der Waals surface area contributed by atoms with Crippen molar-refractivity contribution < 1.29 is 23.9 Å². The first kappa shape index (κ1) is 28.7. The number of pyridine rings is 1. The van der Waals surface area contributed by atoms with E-state index >= 15 is 0 Å². The summed E-state index contributed by atoms with van der Waals surface area (Å²) in [6, 6.07) is 12.0. The topological polar surface area (TPSA) is 121 Å². The summed E-state index contributed by atoms with van der Waals surface area (Å²) in [5.41, 5.74) is 0.878. The number of amides is 4. The molecule has 0 unspecified atom stereocenters. The second-order valence-corrected chi connectivity index (χ2v) is 12.4. The number of nitrogens with one attached hydrogen (secondary N) is 2. The molecular weight excluding hydrogens is 522 g/mol. The highest BCUT2D eigenvalue weighted by Gasteiger charge is 2.62. The number of aromatic nitrogens is 1. The monoisotopic (exact) mass is 561 g/mol. The van der Waals surface area contributed by atoms with E-state index in [0.717, 1.165) is 12.0 Å². The second-order valence-electron chi connectivity index (χ2n) is 12.4. The van der Waals surface area contributed by atoms with Crippen LogP contribution < -0.4 is 10.6 Å². The average molecular weight is 562 g/mol. The first-order chi connectivity index (χ1) is 19.5. The van der Waals surface area contributed by atoms with Crippen LogP contribution in [0.3, 0.4) is 0 Å².